The lowest BCUT2D eigenvalue weighted by atomic mass is 10.0. The lowest BCUT2D eigenvalue weighted by molar-refractivity contribution is 0.193. The number of unbranched alkanes of at least 4 members (excludes halogenated alkanes) is 3. The van der Waals surface area contributed by atoms with Crippen LogP contribution in [0.15, 0.2) is 97.1 Å². The average molecular weight is 500 g/mol. The maximum Gasteiger partial charge on any atom is 0.469 e. The predicted molar refractivity (Wildman–Crippen MR) is 147 cm³/mol. The van der Waals surface area contributed by atoms with Crippen molar-refractivity contribution in [3.8, 4) is 22.3 Å². The zero-order valence-corrected chi connectivity index (χ0v) is 21.0. The van der Waals surface area contributed by atoms with Crippen molar-refractivity contribution in [1.82, 2.24) is 4.57 Å². The van der Waals surface area contributed by atoms with Crippen LogP contribution in [0.2, 0.25) is 0 Å². The zero-order chi connectivity index (χ0) is 25.0. The van der Waals surface area contributed by atoms with Crippen LogP contribution in [0.4, 0.5) is 0 Å². The van der Waals surface area contributed by atoms with Gasteiger partial charge in [-0.15, -0.1) is 0 Å². The lowest BCUT2D eigenvalue weighted by Gasteiger charge is -2.09. The van der Waals surface area contributed by atoms with Gasteiger partial charge in [-0.3, -0.25) is 4.52 Å². The second-order valence-electron chi connectivity index (χ2n) is 9.09. The summed E-state index contributed by atoms with van der Waals surface area (Å²) in [5.41, 5.74) is 7.27. The first-order valence-corrected chi connectivity index (χ1v) is 13.9. The summed E-state index contributed by atoms with van der Waals surface area (Å²) < 4.78 is 17.8. The van der Waals surface area contributed by atoms with Crippen LogP contribution >= 0.6 is 7.82 Å². The molecule has 0 saturated heterocycles. The molecule has 2 N–H and O–H groups in total. The first-order valence-electron chi connectivity index (χ1n) is 12.4. The summed E-state index contributed by atoms with van der Waals surface area (Å²) in [6, 6.07) is 34.4. The van der Waals surface area contributed by atoms with E-state index in [0.717, 1.165) is 25.8 Å². The van der Waals surface area contributed by atoms with Gasteiger partial charge < -0.3 is 14.4 Å². The highest BCUT2D eigenvalue weighted by Gasteiger charge is 2.14. The Hall–Kier alpha value is -3.21. The van der Waals surface area contributed by atoms with Crippen molar-refractivity contribution in [3.63, 3.8) is 0 Å². The number of nitrogens with zero attached hydrogens (tertiary/aromatic N) is 1. The third-order valence-corrected chi connectivity index (χ3v) is 7.13. The van der Waals surface area contributed by atoms with Crippen molar-refractivity contribution < 1.29 is 18.9 Å². The van der Waals surface area contributed by atoms with Gasteiger partial charge in [0.2, 0.25) is 0 Å². The number of aromatic nitrogens is 1. The van der Waals surface area contributed by atoms with Crippen LogP contribution in [0.1, 0.15) is 25.7 Å². The van der Waals surface area contributed by atoms with Gasteiger partial charge in [0.05, 0.1) is 6.61 Å². The number of hydrogen-bond donors (Lipinski definition) is 2. The van der Waals surface area contributed by atoms with E-state index in [1.54, 1.807) is 0 Å². The summed E-state index contributed by atoms with van der Waals surface area (Å²) in [4.78, 5) is 17.6. The summed E-state index contributed by atoms with van der Waals surface area (Å²) in [5.74, 6) is 0. The van der Waals surface area contributed by atoms with Gasteiger partial charge in [0.25, 0.3) is 0 Å². The Balaban J connectivity index is 1.45. The fourth-order valence-corrected chi connectivity index (χ4v) is 5.24. The molecule has 0 unspecified atom stereocenters. The van der Waals surface area contributed by atoms with E-state index in [4.69, 9.17) is 9.79 Å². The van der Waals surface area contributed by atoms with Gasteiger partial charge in [-0.1, -0.05) is 85.6 Å². The Morgan fingerprint density at radius 1 is 0.611 bits per heavy atom. The van der Waals surface area contributed by atoms with Crippen molar-refractivity contribution in [3.05, 3.63) is 97.1 Å². The van der Waals surface area contributed by atoms with Crippen molar-refractivity contribution in [2.75, 3.05) is 6.61 Å². The molecule has 184 valence electrons. The van der Waals surface area contributed by atoms with E-state index >= 15 is 0 Å². The predicted octanol–water partition coefficient (Wildman–Crippen LogP) is 7.80. The Bertz CT molecular complexity index is 1410. The molecule has 5 nitrogen and oxygen atoms in total. The molecule has 5 rings (SSSR count). The molecule has 5 aromatic rings. The molecular formula is C30H30NO4P. The van der Waals surface area contributed by atoms with E-state index in [0.29, 0.717) is 6.42 Å². The summed E-state index contributed by atoms with van der Waals surface area (Å²) in [5, 5.41) is 2.50. The number of aryl methyl sites for hydroxylation is 1. The highest BCUT2D eigenvalue weighted by molar-refractivity contribution is 7.46. The molecule has 0 atom stereocenters. The van der Waals surface area contributed by atoms with Crippen LogP contribution in [0.25, 0.3) is 44.1 Å². The first-order chi connectivity index (χ1) is 17.5. The summed E-state index contributed by atoms with van der Waals surface area (Å²) in [7, 11) is -4.37. The van der Waals surface area contributed by atoms with Gasteiger partial charge in [-0.2, -0.15) is 0 Å². The molecule has 1 heterocycles. The Labute approximate surface area is 211 Å². The minimum Gasteiger partial charge on any atom is -0.340 e. The molecule has 0 radical (unpaired) electrons. The minimum absolute atomic E-state index is 0.0875. The topological polar surface area (TPSA) is 71.7 Å². The molecule has 0 aliphatic heterocycles. The molecule has 36 heavy (non-hydrogen) atoms. The molecule has 0 aliphatic rings. The second-order valence-corrected chi connectivity index (χ2v) is 10.3. The van der Waals surface area contributed by atoms with E-state index in [-0.39, 0.29) is 6.61 Å². The molecular weight excluding hydrogens is 469 g/mol. The number of phosphoric ester groups is 1. The number of phosphoric acid groups is 1. The monoisotopic (exact) mass is 499 g/mol. The molecule has 0 fully saturated rings. The smallest absolute Gasteiger partial charge is 0.340 e. The number of rotatable bonds is 10. The molecule has 0 aliphatic carbocycles. The molecule has 4 aromatic carbocycles. The van der Waals surface area contributed by atoms with Gasteiger partial charge in [0.15, 0.2) is 0 Å². The highest BCUT2D eigenvalue weighted by Crippen LogP contribution is 2.37. The van der Waals surface area contributed by atoms with Crippen molar-refractivity contribution in [2.24, 2.45) is 0 Å². The maximum atomic E-state index is 10.8. The van der Waals surface area contributed by atoms with Gasteiger partial charge in [-0.25, -0.2) is 4.57 Å². The molecule has 1 aromatic heterocycles. The summed E-state index contributed by atoms with van der Waals surface area (Å²) in [6.45, 7) is 0.971. The third kappa shape index (κ3) is 5.61. The minimum atomic E-state index is -4.37. The van der Waals surface area contributed by atoms with Crippen LogP contribution in [-0.2, 0) is 15.6 Å². The maximum absolute atomic E-state index is 10.8. The van der Waals surface area contributed by atoms with Crippen LogP contribution in [-0.4, -0.2) is 21.0 Å². The van der Waals surface area contributed by atoms with Gasteiger partial charge >= 0.3 is 7.82 Å². The van der Waals surface area contributed by atoms with Gasteiger partial charge in [-0.05, 0) is 59.4 Å². The fourth-order valence-electron chi connectivity index (χ4n) is 4.87. The quantitative estimate of drug-likeness (QED) is 0.152. The van der Waals surface area contributed by atoms with E-state index in [2.05, 4.69) is 94.0 Å². The van der Waals surface area contributed by atoms with Crippen molar-refractivity contribution in [1.29, 1.82) is 0 Å². The number of benzene rings is 4. The molecule has 0 amide bonds. The number of fused-ring (bicyclic) bond motifs is 3. The Morgan fingerprint density at radius 3 is 1.61 bits per heavy atom. The van der Waals surface area contributed by atoms with Crippen LogP contribution in [0.3, 0.4) is 0 Å². The third-order valence-electron chi connectivity index (χ3n) is 6.61. The van der Waals surface area contributed by atoms with E-state index < -0.39 is 7.82 Å². The van der Waals surface area contributed by atoms with Crippen molar-refractivity contribution >= 4 is 29.6 Å². The fraction of sp³-hybridized carbons (Fsp3) is 0.200. The standard InChI is InChI=1S/C30H30NO4P/c32-36(33,34)35-20-10-2-1-9-19-31-29-17-15-25(23-11-5-3-6-12-23)21-27(29)28-22-26(16-18-30(28)31)24-13-7-4-8-14-24/h3-8,11-18,21-22H,1-2,9-10,19-20H2,(H2,32,33,34). The average Bonchev–Trinajstić information content (AvgIpc) is 3.20. The SMILES string of the molecule is O=P(O)(O)OCCCCCCn1c2ccc(-c3ccccc3)cc2c2cc(-c3ccccc3)ccc21. The van der Waals surface area contributed by atoms with Crippen molar-refractivity contribution in [2.45, 2.75) is 32.2 Å². The highest BCUT2D eigenvalue weighted by atomic mass is 31.2. The lowest BCUT2D eigenvalue weighted by Crippen LogP contribution is -1.98. The normalized spacial score (nSPS) is 11.9. The summed E-state index contributed by atoms with van der Waals surface area (Å²) >= 11 is 0. The van der Waals surface area contributed by atoms with Crippen LogP contribution in [0, 0.1) is 0 Å². The zero-order valence-electron chi connectivity index (χ0n) is 20.1. The van der Waals surface area contributed by atoms with E-state index in [1.165, 1.54) is 44.1 Å². The summed E-state index contributed by atoms with van der Waals surface area (Å²) in [6.07, 6.45) is 3.46. The van der Waals surface area contributed by atoms with E-state index in [9.17, 15) is 4.57 Å². The molecule has 0 saturated carbocycles. The van der Waals surface area contributed by atoms with Gasteiger partial charge in [0.1, 0.15) is 0 Å². The second kappa shape index (κ2) is 10.8. The first kappa shape index (κ1) is 24.5. The van der Waals surface area contributed by atoms with E-state index in [1.807, 2.05) is 12.1 Å². The molecule has 0 spiro atoms. The molecule has 6 heteroatoms. The van der Waals surface area contributed by atoms with Crippen LogP contribution < -0.4 is 0 Å². The number of hydrogen-bond acceptors (Lipinski definition) is 2. The largest absolute Gasteiger partial charge is 0.469 e. The Morgan fingerprint density at radius 2 is 1.11 bits per heavy atom. The van der Waals surface area contributed by atoms with Crippen LogP contribution in [0.5, 0.6) is 0 Å². The molecule has 0 bridgehead atoms. The Kier molecular flexibility index (Phi) is 7.35. The van der Waals surface area contributed by atoms with Gasteiger partial charge in [0, 0.05) is 28.4 Å².